The third-order valence-electron chi connectivity index (χ3n) is 7.80. The molecule has 5 aromatic rings. The third-order valence-corrected chi connectivity index (χ3v) is 8.98. The number of aryl methyl sites for hydroxylation is 2. The quantitative estimate of drug-likeness (QED) is 0.297. The van der Waals surface area contributed by atoms with Gasteiger partial charge in [0, 0.05) is 54.2 Å². The molecule has 196 valence electrons. The lowest BCUT2D eigenvalue weighted by molar-refractivity contribution is 0.0552. The Kier molecular flexibility index (Phi) is 6.25. The van der Waals surface area contributed by atoms with Crippen LogP contribution in [-0.4, -0.2) is 32.4 Å². The molecule has 0 radical (unpaired) electrons. The van der Waals surface area contributed by atoms with Crippen LogP contribution in [0.15, 0.2) is 65.7 Å². The smallest absolute Gasteiger partial charge is 0.253 e. The fraction of sp³-hybridized carbons (Fsp3) is 0.355. The molecule has 4 aromatic heterocycles. The molecule has 1 aliphatic rings. The van der Waals surface area contributed by atoms with E-state index in [2.05, 4.69) is 47.0 Å². The fourth-order valence-electron chi connectivity index (χ4n) is 5.77. The van der Waals surface area contributed by atoms with Crippen molar-refractivity contribution in [1.29, 1.82) is 0 Å². The highest BCUT2D eigenvalue weighted by Crippen LogP contribution is 2.45. The zero-order valence-corrected chi connectivity index (χ0v) is 23.1. The van der Waals surface area contributed by atoms with Crippen molar-refractivity contribution in [3.8, 4) is 10.4 Å². The van der Waals surface area contributed by atoms with Crippen LogP contribution in [0.5, 0.6) is 0 Å². The van der Waals surface area contributed by atoms with Crippen LogP contribution in [0.25, 0.3) is 31.7 Å². The minimum atomic E-state index is -0.998. The average Bonchev–Trinajstić information content (AvgIpc) is 3.46. The van der Waals surface area contributed by atoms with Gasteiger partial charge in [-0.25, -0.2) is 0 Å². The average molecular weight is 528 g/mol. The van der Waals surface area contributed by atoms with E-state index in [9.17, 15) is 9.90 Å². The summed E-state index contributed by atoms with van der Waals surface area (Å²) in [6, 6.07) is 17.2. The van der Waals surface area contributed by atoms with Crippen LogP contribution in [0.2, 0.25) is 0 Å². The lowest BCUT2D eigenvalue weighted by Crippen LogP contribution is -2.27. The van der Waals surface area contributed by atoms with Gasteiger partial charge in [-0.3, -0.25) is 9.78 Å². The molecule has 0 amide bonds. The zero-order valence-electron chi connectivity index (χ0n) is 22.3. The molecule has 0 unspecified atom stereocenters. The maximum absolute atomic E-state index is 12.4. The van der Waals surface area contributed by atoms with Gasteiger partial charge < -0.3 is 19.0 Å². The van der Waals surface area contributed by atoms with E-state index in [4.69, 9.17) is 9.72 Å². The van der Waals surface area contributed by atoms with Gasteiger partial charge in [0.2, 0.25) is 0 Å². The van der Waals surface area contributed by atoms with Crippen molar-refractivity contribution >= 4 is 32.6 Å². The first-order valence-electron chi connectivity index (χ1n) is 13.2. The Labute approximate surface area is 226 Å². The monoisotopic (exact) mass is 527 g/mol. The molecule has 1 aromatic carbocycles. The summed E-state index contributed by atoms with van der Waals surface area (Å²) in [7, 11) is 1.80. The van der Waals surface area contributed by atoms with Crippen molar-refractivity contribution in [2.45, 2.75) is 45.3 Å². The molecule has 1 N–H and O–H groups in total. The van der Waals surface area contributed by atoms with Gasteiger partial charge in [-0.2, -0.15) is 0 Å². The van der Waals surface area contributed by atoms with Gasteiger partial charge >= 0.3 is 0 Å². The second-order valence-corrected chi connectivity index (χ2v) is 12.0. The van der Waals surface area contributed by atoms with E-state index in [1.165, 1.54) is 5.56 Å². The Balaban J connectivity index is 1.65. The van der Waals surface area contributed by atoms with Crippen molar-refractivity contribution in [3.63, 3.8) is 0 Å². The molecular formula is C31H33N3O3S. The second kappa shape index (κ2) is 9.49. The van der Waals surface area contributed by atoms with Crippen molar-refractivity contribution in [3.05, 3.63) is 88.0 Å². The first-order chi connectivity index (χ1) is 18.2. The summed E-state index contributed by atoms with van der Waals surface area (Å²) in [6.45, 7) is 6.99. The zero-order chi connectivity index (χ0) is 26.6. The Hall–Kier alpha value is -3.26. The van der Waals surface area contributed by atoms with Crippen molar-refractivity contribution in [2.24, 2.45) is 13.0 Å². The second-order valence-electron chi connectivity index (χ2n) is 11.0. The molecule has 38 heavy (non-hydrogen) atoms. The number of pyridine rings is 2. The highest BCUT2D eigenvalue weighted by Gasteiger charge is 2.31. The lowest BCUT2D eigenvalue weighted by atomic mass is 9.86. The number of thiophene rings is 1. The van der Waals surface area contributed by atoms with Crippen LogP contribution in [0, 0.1) is 12.8 Å². The summed E-state index contributed by atoms with van der Waals surface area (Å²) in [6.07, 6.45) is 5.68. The van der Waals surface area contributed by atoms with Gasteiger partial charge in [0.25, 0.3) is 5.56 Å². The van der Waals surface area contributed by atoms with E-state index in [1.807, 2.05) is 19.2 Å². The van der Waals surface area contributed by atoms with E-state index in [0.717, 1.165) is 68.9 Å². The normalized spacial score (nSPS) is 15.9. The summed E-state index contributed by atoms with van der Waals surface area (Å²) in [5, 5.41) is 10.8. The maximum Gasteiger partial charge on any atom is 0.253 e. The van der Waals surface area contributed by atoms with Crippen LogP contribution in [0.4, 0.5) is 0 Å². The van der Waals surface area contributed by atoms with E-state index >= 15 is 0 Å². The fourth-order valence-corrected chi connectivity index (χ4v) is 6.91. The molecule has 1 atom stereocenters. The molecule has 1 saturated heterocycles. The topological polar surface area (TPSA) is 69.3 Å². The predicted molar refractivity (Wildman–Crippen MR) is 154 cm³/mol. The van der Waals surface area contributed by atoms with Crippen molar-refractivity contribution in [2.75, 3.05) is 13.2 Å². The molecule has 6 rings (SSSR count). The van der Waals surface area contributed by atoms with Crippen LogP contribution in [-0.2, 0) is 17.4 Å². The predicted octanol–water partition coefficient (Wildman–Crippen LogP) is 6.17. The standard InChI is InChI=1S/C31H33N3O3S/c1-19-14-22(18-33(4)30(19)35)26-16-25-29(38-26)27-24(15-23(17-32-27)31(2,3)36)34(25)28(20-8-6-5-7-9-20)21-10-12-37-13-11-21/h5-9,14-18,21,28,36H,10-13H2,1-4H3/t28-/m1/s1. The van der Waals surface area contributed by atoms with Gasteiger partial charge in [-0.05, 0) is 63.3 Å². The molecule has 1 aliphatic heterocycles. The number of hydrogen-bond acceptors (Lipinski definition) is 5. The number of aliphatic hydroxyl groups is 1. The summed E-state index contributed by atoms with van der Waals surface area (Å²) in [5.74, 6) is 0.402. The number of benzene rings is 1. The highest BCUT2D eigenvalue weighted by molar-refractivity contribution is 7.23. The number of rotatable bonds is 5. The van der Waals surface area contributed by atoms with Crippen molar-refractivity contribution in [1.82, 2.24) is 14.1 Å². The summed E-state index contributed by atoms with van der Waals surface area (Å²) in [5.41, 5.74) is 5.95. The molecule has 5 heterocycles. The first kappa shape index (κ1) is 25.0. The molecule has 0 saturated carbocycles. The number of nitrogens with zero attached hydrogens (tertiary/aromatic N) is 3. The number of ether oxygens (including phenoxy) is 1. The summed E-state index contributed by atoms with van der Waals surface area (Å²) >= 11 is 1.71. The van der Waals surface area contributed by atoms with Crippen LogP contribution in [0.3, 0.4) is 0 Å². The van der Waals surface area contributed by atoms with E-state index in [-0.39, 0.29) is 11.6 Å². The molecule has 6 nitrogen and oxygen atoms in total. The SMILES string of the molecule is Cc1cc(-c2cc3c(s2)c2ncc(C(C)(C)O)cc2n3[C@H](c2ccccc2)C2CCOCC2)cn(C)c1=O. The van der Waals surface area contributed by atoms with Crippen LogP contribution >= 0.6 is 11.3 Å². The Morgan fingerprint density at radius 2 is 1.84 bits per heavy atom. The van der Waals surface area contributed by atoms with E-state index < -0.39 is 5.60 Å². The van der Waals surface area contributed by atoms with Gasteiger partial charge in [0.15, 0.2) is 0 Å². The summed E-state index contributed by atoms with van der Waals surface area (Å²) < 4.78 is 11.0. The highest BCUT2D eigenvalue weighted by atomic mass is 32.1. The number of aromatic nitrogens is 3. The van der Waals surface area contributed by atoms with E-state index in [1.54, 1.807) is 43.0 Å². The van der Waals surface area contributed by atoms with Crippen molar-refractivity contribution < 1.29 is 9.84 Å². The molecule has 7 heteroatoms. The van der Waals surface area contributed by atoms with Gasteiger partial charge in [0.1, 0.15) is 5.52 Å². The van der Waals surface area contributed by atoms with Gasteiger partial charge in [-0.1, -0.05) is 30.3 Å². The number of hydrogen-bond donors (Lipinski definition) is 1. The summed E-state index contributed by atoms with van der Waals surface area (Å²) in [4.78, 5) is 18.4. The number of fused-ring (bicyclic) bond motifs is 3. The van der Waals surface area contributed by atoms with Gasteiger partial charge in [0.05, 0.1) is 27.4 Å². The third kappa shape index (κ3) is 4.28. The molecular weight excluding hydrogens is 494 g/mol. The van der Waals surface area contributed by atoms with Crippen LogP contribution < -0.4 is 5.56 Å². The Bertz CT molecular complexity index is 1660. The first-order valence-corrected chi connectivity index (χ1v) is 14.0. The molecule has 0 bridgehead atoms. The molecule has 0 aliphatic carbocycles. The molecule has 1 fully saturated rings. The maximum atomic E-state index is 12.4. The minimum Gasteiger partial charge on any atom is -0.386 e. The minimum absolute atomic E-state index is 0.0225. The van der Waals surface area contributed by atoms with Crippen LogP contribution in [0.1, 0.15) is 49.4 Å². The van der Waals surface area contributed by atoms with Gasteiger partial charge in [-0.15, -0.1) is 11.3 Å². The Morgan fingerprint density at radius 3 is 2.53 bits per heavy atom. The largest absolute Gasteiger partial charge is 0.386 e. The Morgan fingerprint density at radius 1 is 1.11 bits per heavy atom. The molecule has 0 spiro atoms. The van der Waals surface area contributed by atoms with E-state index in [0.29, 0.717) is 5.92 Å². The lowest BCUT2D eigenvalue weighted by Gasteiger charge is -2.33.